The first-order valence-electron chi connectivity index (χ1n) is 2.76. The summed E-state index contributed by atoms with van der Waals surface area (Å²) in [4.78, 5) is 10.5. The molecule has 0 radical (unpaired) electrons. The number of halogens is 1. The van der Waals surface area contributed by atoms with Crippen molar-refractivity contribution in [2.24, 2.45) is 0 Å². The number of hydrogen-bond acceptors (Lipinski definition) is 2. The van der Waals surface area contributed by atoms with E-state index in [-0.39, 0.29) is 12.1 Å². The Morgan fingerprint density at radius 1 is 1.89 bits per heavy atom. The lowest BCUT2D eigenvalue weighted by Crippen LogP contribution is -2.20. The van der Waals surface area contributed by atoms with E-state index in [1.165, 1.54) is 6.08 Å². The van der Waals surface area contributed by atoms with Crippen LogP contribution in [0.3, 0.4) is 0 Å². The van der Waals surface area contributed by atoms with Gasteiger partial charge in [-0.1, -0.05) is 6.08 Å². The second-order valence-corrected chi connectivity index (χ2v) is 2.16. The van der Waals surface area contributed by atoms with Gasteiger partial charge in [-0.25, -0.2) is 4.79 Å². The second kappa shape index (κ2) is 2.87. The lowest BCUT2D eigenvalue weighted by atomic mass is 10.2. The van der Waals surface area contributed by atoms with E-state index in [0.29, 0.717) is 5.88 Å². The van der Waals surface area contributed by atoms with Gasteiger partial charge in [-0.15, -0.1) is 11.6 Å². The topological polar surface area (TPSA) is 26.3 Å². The average Bonchev–Trinajstić information content (AvgIpc) is 1.88. The molecular weight excluding hydrogens is 140 g/mol. The van der Waals surface area contributed by atoms with Gasteiger partial charge in [-0.3, -0.25) is 0 Å². The Hall–Kier alpha value is -0.500. The molecule has 0 aliphatic carbocycles. The molecule has 0 bridgehead atoms. The molecule has 0 fully saturated rings. The fraction of sp³-hybridized carbons (Fsp3) is 0.500. The summed E-state index contributed by atoms with van der Waals surface area (Å²) in [5, 5.41) is 0. The highest BCUT2D eigenvalue weighted by Crippen LogP contribution is 2.07. The van der Waals surface area contributed by atoms with Gasteiger partial charge in [0, 0.05) is 12.5 Å². The first kappa shape index (κ1) is 6.62. The van der Waals surface area contributed by atoms with Gasteiger partial charge in [0.05, 0.1) is 5.88 Å². The molecule has 0 aromatic rings. The molecule has 0 aromatic carbocycles. The molecule has 1 rings (SSSR count). The van der Waals surface area contributed by atoms with Crippen molar-refractivity contribution < 1.29 is 9.53 Å². The monoisotopic (exact) mass is 146 g/mol. The van der Waals surface area contributed by atoms with Crippen molar-refractivity contribution in [3.8, 4) is 0 Å². The minimum absolute atomic E-state index is 0.107. The maximum atomic E-state index is 10.5. The van der Waals surface area contributed by atoms with Gasteiger partial charge in [0.15, 0.2) is 0 Å². The van der Waals surface area contributed by atoms with E-state index in [4.69, 9.17) is 16.3 Å². The van der Waals surface area contributed by atoms with Crippen LogP contribution in [0, 0.1) is 0 Å². The molecule has 50 valence electrons. The van der Waals surface area contributed by atoms with Gasteiger partial charge in [0.2, 0.25) is 0 Å². The molecule has 0 unspecified atom stereocenters. The van der Waals surface area contributed by atoms with Gasteiger partial charge >= 0.3 is 5.97 Å². The first-order chi connectivity index (χ1) is 4.33. The normalized spacial score (nSPS) is 25.9. The van der Waals surface area contributed by atoms with Gasteiger partial charge in [-0.2, -0.15) is 0 Å². The molecular formula is C6H7ClO2. The van der Waals surface area contributed by atoms with Gasteiger partial charge in [0.1, 0.15) is 6.10 Å². The first-order valence-corrected chi connectivity index (χ1v) is 3.29. The average molecular weight is 147 g/mol. The number of esters is 1. The molecule has 1 heterocycles. The molecule has 0 saturated carbocycles. The maximum absolute atomic E-state index is 10.5. The van der Waals surface area contributed by atoms with Crippen LogP contribution in [0.1, 0.15) is 6.42 Å². The van der Waals surface area contributed by atoms with E-state index in [0.717, 1.165) is 6.42 Å². The van der Waals surface area contributed by atoms with Crippen LogP contribution in [0.15, 0.2) is 12.2 Å². The molecule has 0 N–H and O–H groups in total. The summed E-state index contributed by atoms with van der Waals surface area (Å²) in [5.74, 6) is 0.0997. The van der Waals surface area contributed by atoms with Crippen LogP contribution >= 0.6 is 11.6 Å². The minimum atomic E-state index is -0.285. The van der Waals surface area contributed by atoms with Gasteiger partial charge in [-0.05, 0) is 0 Å². The van der Waals surface area contributed by atoms with Crippen LogP contribution in [0.2, 0.25) is 0 Å². The van der Waals surface area contributed by atoms with Crippen molar-refractivity contribution >= 4 is 17.6 Å². The third kappa shape index (κ3) is 1.72. The molecule has 0 amide bonds. The Balaban J connectivity index is 2.47. The van der Waals surface area contributed by atoms with Crippen molar-refractivity contribution in [2.45, 2.75) is 12.5 Å². The molecule has 1 aliphatic heterocycles. The Morgan fingerprint density at radius 3 is 3.11 bits per heavy atom. The number of alkyl halides is 1. The summed E-state index contributed by atoms with van der Waals surface area (Å²) in [6, 6.07) is 0. The number of carbonyl (C=O) groups is 1. The minimum Gasteiger partial charge on any atom is -0.458 e. The molecule has 1 aliphatic rings. The van der Waals surface area contributed by atoms with Crippen molar-refractivity contribution in [3.05, 3.63) is 12.2 Å². The maximum Gasteiger partial charge on any atom is 0.330 e. The fourth-order valence-corrected chi connectivity index (χ4v) is 0.851. The largest absolute Gasteiger partial charge is 0.458 e. The predicted molar refractivity (Wildman–Crippen MR) is 34.4 cm³/mol. The van der Waals surface area contributed by atoms with Crippen LogP contribution < -0.4 is 0 Å². The summed E-state index contributed by atoms with van der Waals surface area (Å²) < 4.78 is 4.78. The highest BCUT2D eigenvalue weighted by molar-refractivity contribution is 6.18. The number of hydrogen-bond donors (Lipinski definition) is 0. The summed E-state index contributed by atoms with van der Waals surface area (Å²) in [6.07, 6.45) is 3.83. The smallest absolute Gasteiger partial charge is 0.330 e. The van der Waals surface area contributed by atoms with Crippen LogP contribution in [-0.2, 0) is 9.53 Å². The Kier molecular flexibility index (Phi) is 2.11. The van der Waals surface area contributed by atoms with Crippen LogP contribution in [0.25, 0.3) is 0 Å². The van der Waals surface area contributed by atoms with E-state index in [9.17, 15) is 4.79 Å². The third-order valence-electron chi connectivity index (χ3n) is 1.11. The van der Waals surface area contributed by atoms with Gasteiger partial charge < -0.3 is 4.74 Å². The molecule has 0 saturated heterocycles. The fourth-order valence-electron chi connectivity index (χ4n) is 0.662. The van der Waals surface area contributed by atoms with Crippen LogP contribution in [0.4, 0.5) is 0 Å². The number of rotatable bonds is 1. The number of cyclic esters (lactones) is 1. The van der Waals surface area contributed by atoms with Crippen LogP contribution in [-0.4, -0.2) is 18.0 Å². The Morgan fingerprint density at radius 2 is 2.67 bits per heavy atom. The van der Waals surface area contributed by atoms with Crippen molar-refractivity contribution in [2.75, 3.05) is 5.88 Å². The zero-order chi connectivity index (χ0) is 6.69. The number of carbonyl (C=O) groups excluding carboxylic acids is 1. The SMILES string of the molecule is O=C1C=CC[C@H](CCl)O1. The van der Waals surface area contributed by atoms with E-state index in [1.54, 1.807) is 6.08 Å². The zero-order valence-electron chi connectivity index (χ0n) is 4.84. The molecule has 9 heavy (non-hydrogen) atoms. The predicted octanol–water partition coefficient (Wildman–Crippen LogP) is 1.10. The summed E-state index contributed by atoms with van der Waals surface area (Å²) >= 11 is 5.43. The summed E-state index contributed by atoms with van der Waals surface area (Å²) in [6.45, 7) is 0. The molecule has 0 spiro atoms. The highest BCUT2D eigenvalue weighted by atomic mass is 35.5. The lowest BCUT2D eigenvalue weighted by Gasteiger charge is -2.14. The molecule has 2 nitrogen and oxygen atoms in total. The molecule has 1 atom stereocenters. The van der Waals surface area contributed by atoms with Gasteiger partial charge in [0.25, 0.3) is 0 Å². The molecule has 0 aromatic heterocycles. The second-order valence-electron chi connectivity index (χ2n) is 1.85. The van der Waals surface area contributed by atoms with E-state index < -0.39 is 0 Å². The highest BCUT2D eigenvalue weighted by Gasteiger charge is 2.13. The molecule has 3 heteroatoms. The van der Waals surface area contributed by atoms with E-state index in [2.05, 4.69) is 0 Å². The quantitative estimate of drug-likeness (QED) is 0.409. The van der Waals surface area contributed by atoms with E-state index >= 15 is 0 Å². The van der Waals surface area contributed by atoms with Crippen LogP contribution in [0.5, 0.6) is 0 Å². The standard InChI is InChI=1S/C6H7ClO2/c7-4-5-2-1-3-6(8)9-5/h1,3,5H,2,4H2/t5-/m1/s1. The summed E-state index contributed by atoms with van der Waals surface area (Å²) in [7, 11) is 0. The third-order valence-corrected chi connectivity index (χ3v) is 1.45. The summed E-state index contributed by atoms with van der Waals surface area (Å²) in [5.41, 5.74) is 0. The Labute approximate surface area is 58.4 Å². The Bertz CT molecular complexity index is 142. The lowest BCUT2D eigenvalue weighted by molar-refractivity contribution is -0.142. The van der Waals surface area contributed by atoms with Crippen molar-refractivity contribution in [1.82, 2.24) is 0 Å². The van der Waals surface area contributed by atoms with E-state index in [1.807, 2.05) is 0 Å². The number of ether oxygens (including phenoxy) is 1. The van der Waals surface area contributed by atoms with Crippen molar-refractivity contribution in [3.63, 3.8) is 0 Å². The zero-order valence-corrected chi connectivity index (χ0v) is 5.60. The van der Waals surface area contributed by atoms with Crippen molar-refractivity contribution in [1.29, 1.82) is 0 Å².